The second-order valence-corrected chi connectivity index (χ2v) is 20.7. The van der Waals surface area contributed by atoms with Crippen molar-refractivity contribution < 1.29 is 158 Å². The molecule has 0 aromatic carbocycles. The second-order valence-electron chi connectivity index (χ2n) is 14.3. The molecule has 0 bridgehead atoms. The van der Waals surface area contributed by atoms with E-state index in [0.717, 1.165) is 61.5 Å². The molecule has 0 saturated heterocycles. The number of phosphoric ester groups is 4. The average Bonchev–Trinajstić information content (AvgIpc) is 3.28. The predicted molar refractivity (Wildman–Crippen MR) is 241 cm³/mol. The van der Waals surface area contributed by atoms with Gasteiger partial charge in [-0.15, -0.1) is 6.58 Å². The van der Waals surface area contributed by atoms with Crippen LogP contribution in [0.15, 0.2) is 12.7 Å². The summed E-state index contributed by atoms with van der Waals surface area (Å²) in [6.07, 6.45) is -12.5. The first-order valence-electron chi connectivity index (χ1n) is 21.8. The quantitative estimate of drug-likeness (QED) is 0.0205. The molecule has 438 valence electrons. The van der Waals surface area contributed by atoms with Crippen LogP contribution < -0.4 is 0 Å². The zero-order chi connectivity index (χ0) is 57.5. The van der Waals surface area contributed by atoms with Crippen LogP contribution in [0.3, 0.4) is 0 Å². The summed E-state index contributed by atoms with van der Waals surface area (Å²) in [6, 6.07) is 0. The molecule has 38 heteroatoms. The summed E-state index contributed by atoms with van der Waals surface area (Å²) in [5.74, 6) is -8.37. The minimum absolute atomic E-state index is 0.169. The maximum absolute atomic E-state index is 14.9. The van der Waals surface area contributed by atoms with Crippen LogP contribution in [0.2, 0.25) is 0 Å². The third-order valence-electron chi connectivity index (χ3n) is 8.19. The Hall–Kier alpha value is -4.14. The molecule has 0 aromatic rings. The molecule has 34 nitrogen and oxygen atoms in total. The topological polar surface area (TPSA) is 408 Å². The Labute approximate surface area is 435 Å². The van der Waals surface area contributed by atoms with Crippen molar-refractivity contribution in [3.05, 3.63) is 12.7 Å². The Morgan fingerprint density at radius 1 is 0.355 bits per heavy atom. The number of carbonyl (C=O) groups is 8. The molecular formula is C38H62O34P4. The third kappa shape index (κ3) is 29.6. The van der Waals surface area contributed by atoms with E-state index in [1.165, 1.54) is 0 Å². The summed E-state index contributed by atoms with van der Waals surface area (Å²) in [4.78, 5) is 94.9. The van der Waals surface area contributed by atoms with E-state index >= 15 is 0 Å². The normalized spacial score (nSPS) is 18.9. The molecule has 76 heavy (non-hydrogen) atoms. The number of hydrogen-bond acceptors (Lipinski definition) is 34. The van der Waals surface area contributed by atoms with E-state index in [-0.39, 0.29) is 13.0 Å². The van der Waals surface area contributed by atoms with E-state index in [1.807, 2.05) is 0 Å². The van der Waals surface area contributed by atoms with E-state index < -0.39 is 177 Å². The molecule has 1 fully saturated rings. The molecular weight excluding hydrogens is 1120 g/mol. The molecule has 1 aliphatic carbocycles. The van der Waals surface area contributed by atoms with Crippen LogP contribution in [-0.4, -0.2) is 152 Å². The van der Waals surface area contributed by atoms with Gasteiger partial charge in [-0.1, -0.05) is 25.8 Å². The van der Waals surface area contributed by atoms with Gasteiger partial charge in [-0.3, -0.25) is 56.5 Å². The van der Waals surface area contributed by atoms with E-state index in [0.29, 0.717) is 12.8 Å². The van der Waals surface area contributed by atoms with Crippen molar-refractivity contribution in [3.8, 4) is 0 Å². The highest BCUT2D eigenvalue weighted by Crippen LogP contribution is 2.62. The maximum atomic E-state index is 14.9. The van der Waals surface area contributed by atoms with Gasteiger partial charge in [0.15, 0.2) is 0 Å². The lowest BCUT2D eigenvalue weighted by Gasteiger charge is -2.49. The number of rotatable bonds is 40. The molecule has 0 unspecified atom stereocenters. The van der Waals surface area contributed by atoms with Gasteiger partial charge >= 0.3 is 79.0 Å². The number of unbranched alkanes of at least 4 members (excludes halogenated alkanes) is 2. The van der Waals surface area contributed by atoms with Gasteiger partial charge in [0.2, 0.25) is 54.3 Å². The number of ether oxygens (including phenoxy) is 10. The van der Waals surface area contributed by atoms with Crippen LogP contribution in [0.5, 0.6) is 0 Å². The Morgan fingerprint density at radius 3 is 0.763 bits per heavy atom. The molecule has 1 saturated carbocycles. The monoisotopic (exact) mass is 1190 g/mol. The van der Waals surface area contributed by atoms with Crippen LogP contribution >= 0.6 is 31.3 Å². The van der Waals surface area contributed by atoms with Gasteiger partial charge in [0.1, 0.15) is 36.6 Å². The van der Waals surface area contributed by atoms with Crippen LogP contribution in [0.1, 0.15) is 81.6 Å². The van der Waals surface area contributed by atoms with Gasteiger partial charge in [-0.2, -0.15) is 0 Å². The maximum Gasteiger partial charge on any atom is 0.481 e. The van der Waals surface area contributed by atoms with Crippen molar-refractivity contribution >= 4 is 79.0 Å². The summed E-state index contributed by atoms with van der Waals surface area (Å²) in [6.45, 7) is 1.17. The molecule has 1 rings (SSSR count). The fourth-order valence-corrected chi connectivity index (χ4v) is 9.50. The van der Waals surface area contributed by atoms with Gasteiger partial charge in [0, 0.05) is 62.0 Å². The minimum Gasteiger partial charge on any atom is -0.438 e. The molecule has 0 N–H and O–H groups in total. The highest BCUT2D eigenvalue weighted by atomic mass is 31.2. The summed E-state index contributed by atoms with van der Waals surface area (Å²) >= 11 is 0. The first kappa shape index (κ1) is 69.9. The fourth-order valence-electron chi connectivity index (χ4n) is 5.11. The van der Waals surface area contributed by atoms with Crippen molar-refractivity contribution in [2.75, 3.05) is 67.6 Å². The van der Waals surface area contributed by atoms with Crippen molar-refractivity contribution in [2.45, 2.75) is 118 Å². The molecule has 0 aromatic heterocycles. The van der Waals surface area contributed by atoms with Gasteiger partial charge in [-0.25, -0.2) is 54.5 Å². The molecule has 0 spiro atoms. The van der Waals surface area contributed by atoms with E-state index in [1.54, 1.807) is 6.92 Å². The van der Waals surface area contributed by atoms with Crippen molar-refractivity contribution in [1.82, 2.24) is 0 Å². The Bertz CT molecular complexity index is 2010. The SMILES string of the molecule is C=CCO[C@H]1[C@@H](OCCCCC)[C@@H](OP(=O)(OCOC(C)=O)OCOC(C)=O)[C@H](OP(=O)(OCOC(C)=O)OCOC(C)=O)[C@@H](OP(=O)(OCOC(C)=O)OCOC(C)=O)[C@@H]1OP(=O)(OCOC(C)=O)OCOC(C)=O. The smallest absolute Gasteiger partial charge is 0.438 e. The van der Waals surface area contributed by atoms with Crippen molar-refractivity contribution in [2.24, 2.45) is 0 Å². The average molecular weight is 1190 g/mol. The lowest BCUT2D eigenvalue weighted by Crippen LogP contribution is -2.67. The molecule has 1 aliphatic rings. The van der Waals surface area contributed by atoms with Gasteiger partial charge in [0.25, 0.3) is 0 Å². The van der Waals surface area contributed by atoms with Crippen molar-refractivity contribution in [1.29, 1.82) is 0 Å². The summed E-state index contributed by atoms with van der Waals surface area (Å²) in [5.41, 5.74) is 0. The lowest BCUT2D eigenvalue weighted by atomic mass is 9.84. The van der Waals surface area contributed by atoms with E-state index in [9.17, 15) is 56.6 Å². The van der Waals surface area contributed by atoms with Gasteiger partial charge in [-0.05, 0) is 6.42 Å². The minimum atomic E-state index is -5.73. The highest BCUT2D eigenvalue weighted by Gasteiger charge is 2.62. The zero-order valence-corrected chi connectivity index (χ0v) is 46.2. The van der Waals surface area contributed by atoms with Gasteiger partial charge < -0.3 is 47.4 Å². The summed E-state index contributed by atoms with van der Waals surface area (Å²) < 4.78 is 176. The summed E-state index contributed by atoms with van der Waals surface area (Å²) in [7, 11) is -22.7. The first-order valence-corrected chi connectivity index (χ1v) is 27.7. The largest absolute Gasteiger partial charge is 0.481 e. The second kappa shape index (κ2) is 36.1. The van der Waals surface area contributed by atoms with Gasteiger partial charge in [0.05, 0.1) is 6.61 Å². The van der Waals surface area contributed by atoms with E-state index in [2.05, 4.69) is 6.58 Å². The van der Waals surface area contributed by atoms with Crippen LogP contribution in [-0.2, 0) is 158 Å². The number of carbonyl (C=O) groups excluding carboxylic acids is 8. The first-order chi connectivity index (χ1) is 35.6. The standard InChI is InChI=1S/C38H62O34P4/c1-11-13-14-16-52-34-33(51-15-12-2)35(69-73(47,61-17-53-25(3)39)62-18-54-26(4)40)37(71-75(49,65-21-57-29(7)43)66-22-58-30(8)44)38(72-76(50,67-23-59-31(9)45)68-24-60-32(10)46)36(34)70-74(48,63-19-55-27(5)41)64-20-56-28(6)42/h12,33-38H,2,11,13-24H2,1,3-10H3/t33-,34+,35+,36+,37-,38-/m0/s1. The molecule has 0 radical (unpaired) electrons. The van der Waals surface area contributed by atoms with Crippen LogP contribution in [0.25, 0.3) is 0 Å². The molecule has 0 amide bonds. The van der Waals surface area contributed by atoms with Crippen LogP contribution in [0, 0.1) is 0 Å². The fraction of sp³-hybridized carbons (Fsp3) is 0.737. The Morgan fingerprint density at radius 2 is 0.566 bits per heavy atom. The number of esters is 8. The zero-order valence-electron chi connectivity index (χ0n) is 42.6. The Balaban J connectivity index is 4.86. The van der Waals surface area contributed by atoms with Crippen molar-refractivity contribution in [3.63, 3.8) is 0 Å². The number of phosphoric acid groups is 4. The molecule has 0 aliphatic heterocycles. The highest BCUT2D eigenvalue weighted by molar-refractivity contribution is 7.49. The third-order valence-corrected chi connectivity index (χ3v) is 13.6. The molecule has 6 atom stereocenters. The van der Waals surface area contributed by atoms with Crippen LogP contribution in [0.4, 0.5) is 0 Å². The molecule has 0 heterocycles. The van der Waals surface area contributed by atoms with E-state index in [4.69, 9.17) is 102 Å². The Kier molecular flexibility index (Phi) is 33.2. The lowest BCUT2D eigenvalue weighted by molar-refractivity contribution is -0.239. The number of hydrogen-bond donors (Lipinski definition) is 0. The predicted octanol–water partition coefficient (Wildman–Crippen LogP) is 4.42. The summed E-state index contributed by atoms with van der Waals surface area (Å²) in [5, 5.41) is 0.